The minimum Gasteiger partial charge on any atom is -0.481 e. The number of carbonyl (C=O) groups excluding carboxylic acids is 1. The normalized spacial score (nSPS) is 22.0. The fourth-order valence-corrected chi connectivity index (χ4v) is 2.51. The van der Waals surface area contributed by atoms with Crippen LogP contribution in [0.5, 0.6) is 0 Å². The molecule has 1 saturated heterocycles. The first-order valence-electron chi connectivity index (χ1n) is 6.75. The number of carbonyl (C=O) groups is 2. The average molecular weight is 266 g/mol. The second-order valence-electron chi connectivity index (χ2n) is 5.05. The number of rotatable bonds is 6. The Morgan fingerprint density at radius 1 is 1.53 bits per heavy atom. The van der Waals surface area contributed by atoms with Crippen molar-refractivity contribution in [3.63, 3.8) is 0 Å². The van der Waals surface area contributed by atoms with Crippen molar-refractivity contribution in [1.29, 1.82) is 0 Å². The van der Waals surface area contributed by atoms with E-state index in [1.165, 1.54) is 0 Å². The van der Waals surface area contributed by atoms with Gasteiger partial charge in [-0.3, -0.25) is 4.79 Å². The van der Waals surface area contributed by atoms with E-state index in [0.29, 0.717) is 38.9 Å². The number of urea groups is 1. The van der Waals surface area contributed by atoms with Crippen molar-refractivity contribution in [3.8, 4) is 12.3 Å². The van der Waals surface area contributed by atoms with Crippen LogP contribution < -0.4 is 5.32 Å². The lowest BCUT2D eigenvalue weighted by atomic mass is 9.83. The van der Waals surface area contributed by atoms with E-state index in [1.807, 2.05) is 6.92 Å². The zero-order valence-electron chi connectivity index (χ0n) is 11.4. The second-order valence-corrected chi connectivity index (χ2v) is 5.05. The highest BCUT2D eigenvalue weighted by Crippen LogP contribution is 2.35. The maximum atomic E-state index is 11.9. The summed E-state index contributed by atoms with van der Waals surface area (Å²) in [6.07, 6.45) is 8.47. The van der Waals surface area contributed by atoms with Crippen molar-refractivity contribution >= 4 is 12.0 Å². The van der Waals surface area contributed by atoms with E-state index >= 15 is 0 Å². The molecule has 1 aliphatic heterocycles. The van der Waals surface area contributed by atoms with Gasteiger partial charge in [0.25, 0.3) is 0 Å². The van der Waals surface area contributed by atoms with E-state index in [4.69, 9.17) is 6.42 Å². The minimum absolute atomic E-state index is 0.184. The smallest absolute Gasteiger partial charge is 0.317 e. The Kier molecular flexibility index (Phi) is 5.68. The minimum atomic E-state index is -0.794. The van der Waals surface area contributed by atoms with Crippen molar-refractivity contribution in [2.24, 2.45) is 5.41 Å². The Labute approximate surface area is 114 Å². The second kappa shape index (κ2) is 7.03. The van der Waals surface area contributed by atoms with Gasteiger partial charge in [0, 0.05) is 26.1 Å². The van der Waals surface area contributed by atoms with Crippen LogP contribution in [0.1, 0.15) is 39.0 Å². The SMILES string of the molecule is C#CCCCNC(=O)N1CCC(CCC)(C(=O)O)C1. The maximum absolute atomic E-state index is 11.9. The van der Waals surface area contributed by atoms with Crippen molar-refractivity contribution in [2.75, 3.05) is 19.6 Å². The Bertz CT molecular complexity index is 375. The summed E-state index contributed by atoms with van der Waals surface area (Å²) in [7, 11) is 0. The zero-order chi connectivity index (χ0) is 14.3. The Morgan fingerprint density at radius 3 is 2.84 bits per heavy atom. The number of amides is 2. The molecule has 106 valence electrons. The predicted octanol–water partition coefficient (Wildman–Crippen LogP) is 1.69. The first-order chi connectivity index (χ1) is 9.05. The van der Waals surface area contributed by atoms with Gasteiger partial charge in [-0.15, -0.1) is 12.3 Å². The Morgan fingerprint density at radius 2 is 2.26 bits per heavy atom. The van der Waals surface area contributed by atoms with Gasteiger partial charge in [0.15, 0.2) is 0 Å². The lowest BCUT2D eigenvalue weighted by Gasteiger charge is -2.24. The summed E-state index contributed by atoms with van der Waals surface area (Å²) in [6, 6.07) is -0.184. The number of hydrogen-bond donors (Lipinski definition) is 2. The molecule has 2 N–H and O–H groups in total. The molecule has 0 aromatic heterocycles. The van der Waals surface area contributed by atoms with E-state index in [1.54, 1.807) is 4.90 Å². The number of hydrogen-bond acceptors (Lipinski definition) is 2. The van der Waals surface area contributed by atoms with Crippen molar-refractivity contribution in [1.82, 2.24) is 10.2 Å². The van der Waals surface area contributed by atoms with E-state index in [2.05, 4.69) is 11.2 Å². The number of terminal acetylenes is 1. The highest BCUT2D eigenvalue weighted by Gasteiger charge is 2.45. The molecule has 1 aliphatic rings. The maximum Gasteiger partial charge on any atom is 0.317 e. The molecule has 0 spiro atoms. The van der Waals surface area contributed by atoms with Crippen LogP contribution in [-0.2, 0) is 4.79 Å². The largest absolute Gasteiger partial charge is 0.481 e. The van der Waals surface area contributed by atoms with Gasteiger partial charge in [-0.25, -0.2) is 4.79 Å². The van der Waals surface area contributed by atoms with E-state index in [9.17, 15) is 14.7 Å². The van der Waals surface area contributed by atoms with Crippen LogP contribution in [0, 0.1) is 17.8 Å². The molecule has 1 rings (SSSR count). The average Bonchev–Trinajstić information content (AvgIpc) is 2.81. The van der Waals surface area contributed by atoms with Gasteiger partial charge < -0.3 is 15.3 Å². The molecule has 5 nitrogen and oxygen atoms in total. The third-order valence-electron chi connectivity index (χ3n) is 3.60. The zero-order valence-corrected chi connectivity index (χ0v) is 11.4. The van der Waals surface area contributed by atoms with Crippen LogP contribution in [0.25, 0.3) is 0 Å². The van der Waals surface area contributed by atoms with Crippen LogP contribution in [0.15, 0.2) is 0 Å². The molecule has 0 radical (unpaired) electrons. The van der Waals surface area contributed by atoms with E-state index in [0.717, 1.165) is 12.8 Å². The number of likely N-dealkylation sites (tertiary alicyclic amines) is 1. The van der Waals surface area contributed by atoms with Gasteiger partial charge >= 0.3 is 12.0 Å². The quantitative estimate of drug-likeness (QED) is 0.567. The molecule has 0 bridgehead atoms. The number of carboxylic acid groups (broad SMARTS) is 1. The van der Waals surface area contributed by atoms with Crippen LogP contribution in [0.2, 0.25) is 0 Å². The molecular formula is C14H22N2O3. The van der Waals surface area contributed by atoms with E-state index in [-0.39, 0.29) is 6.03 Å². The number of aliphatic carboxylic acids is 1. The summed E-state index contributed by atoms with van der Waals surface area (Å²) >= 11 is 0. The van der Waals surface area contributed by atoms with Crippen LogP contribution in [-0.4, -0.2) is 41.6 Å². The summed E-state index contributed by atoms with van der Waals surface area (Å²) in [6.45, 7) is 3.31. The third-order valence-corrected chi connectivity index (χ3v) is 3.60. The standard InChI is InChI=1S/C14H22N2O3/c1-3-5-6-9-15-13(19)16-10-8-14(11-16,7-4-2)12(17)18/h1H,4-11H2,2H3,(H,15,19)(H,17,18). The molecule has 1 atom stereocenters. The van der Waals surface area contributed by atoms with Gasteiger partial charge in [-0.05, 0) is 19.3 Å². The fourth-order valence-electron chi connectivity index (χ4n) is 2.51. The summed E-state index contributed by atoms with van der Waals surface area (Å²) in [5.74, 6) is 1.72. The highest BCUT2D eigenvalue weighted by atomic mass is 16.4. The van der Waals surface area contributed by atoms with Gasteiger partial charge in [0.05, 0.1) is 5.41 Å². The monoisotopic (exact) mass is 266 g/mol. The van der Waals surface area contributed by atoms with Crippen LogP contribution >= 0.6 is 0 Å². The lowest BCUT2D eigenvalue weighted by molar-refractivity contribution is -0.148. The van der Waals surface area contributed by atoms with Gasteiger partial charge in [-0.2, -0.15) is 0 Å². The van der Waals surface area contributed by atoms with Gasteiger partial charge in [0.2, 0.25) is 0 Å². The molecular weight excluding hydrogens is 244 g/mol. The molecule has 19 heavy (non-hydrogen) atoms. The predicted molar refractivity (Wildman–Crippen MR) is 72.6 cm³/mol. The molecule has 0 aliphatic carbocycles. The molecule has 1 heterocycles. The summed E-state index contributed by atoms with van der Waals surface area (Å²) in [4.78, 5) is 24.9. The van der Waals surface area contributed by atoms with Crippen molar-refractivity contribution in [3.05, 3.63) is 0 Å². The number of nitrogens with zero attached hydrogens (tertiary/aromatic N) is 1. The molecule has 0 saturated carbocycles. The van der Waals surface area contributed by atoms with E-state index < -0.39 is 11.4 Å². The third kappa shape index (κ3) is 3.88. The van der Waals surface area contributed by atoms with Crippen molar-refractivity contribution in [2.45, 2.75) is 39.0 Å². The first kappa shape index (κ1) is 15.4. The number of nitrogens with one attached hydrogen (secondary N) is 1. The first-order valence-corrected chi connectivity index (χ1v) is 6.75. The fraction of sp³-hybridized carbons (Fsp3) is 0.714. The summed E-state index contributed by atoms with van der Waals surface area (Å²) in [5, 5.41) is 12.1. The number of unbranched alkanes of at least 4 members (excludes halogenated alkanes) is 1. The molecule has 0 aromatic rings. The Balaban J connectivity index is 2.48. The molecule has 1 fully saturated rings. The van der Waals surface area contributed by atoms with Gasteiger partial charge in [-0.1, -0.05) is 13.3 Å². The van der Waals surface area contributed by atoms with Crippen LogP contribution in [0.4, 0.5) is 4.79 Å². The highest BCUT2D eigenvalue weighted by molar-refractivity contribution is 5.79. The number of carboxylic acids is 1. The van der Waals surface area contributed by atoms with Gasteiger partial charge in [0.1, 0.15) is 0 Å². The molecule has 2 amide bonds. The van der Waals surface area contributed by atoms with Crippen molar-refractivity contribution < 1.29 is 14.7 Å². The molecule has 5 heteroatoms. The molecule has 1 unspecified atom stereocenters. The topological polar surface area (TPSA) is 69.6 Å². The lowest BCUT2D eigenvalue weighted by Crippen LogP contribution is -2.42. The Hall–Kier alpha value is -1.70. The van der Waals surface area contributed by atoms with Crippen LogP contribution in [0.3, 0.4) is 0 Å². The molecule has 0 aromatic carbocycles. The summed E-state index contributed by atoms with van der Waals surface area (Å²) in [5.41, 5.74) is -0.759. The summed E-state index contributed by atoms with van der Waals surface area (Å²) < 4.78 is 0.